The lowest BCUT2D eigenvalue weighted by Crippen LogP contribution is -2.62. The Hall–Kier alpha value is -1.13. The molecule has 1 saturated heterocycles. The van der Waals surface area contributed by atoms with E-state index in [1.807, 2.05) is 0 Å². The number of thiocarbonyl (C=S) groups is 1. The van der Waals surface area contributed by atoms with E-state index < -0.39 is 0 Å². The minimum absolute atomic E-state index is 0.124. The Labute approximate surface area is 133 Å². The number of rotatable bonds is 2. The third-order valence-corrected chi connectivity index (χ3v) is 4.05. The first-order valence-corrected chi connectivity index (χ1v) is 8.00. The quantitative estimate of drug-likeness (QED) is 0.730. The number of benzene rings is 1. The Morgan fingerprint density at radius 1 is 1.10 bits per heavy atom. The van der Waals surface area contributed by atoms with Crippen LogP contribution in [0, 0.1) is 6.92 Å². The van der Waals surface area contributed by atoms with Gasteiger partial charge in [-0.25, -0.2) is 0 Å². The van der Waals surface area contributed by atoms with E-state index in [1.165, 1.54) is 5.56 Å². The maximum atomic E-state index is 5.46. The molecule has 0 saturated carbocycles. The second-order valence-corrected chi connectivity index (χ2v) is 7.87. The van der Waals surface area contributed by atoms with Crippen LogP contribution in [0.25, 0.3) is 0 Å². The molecule has 4 heteroatoms. The molecular formula is C17H27N3S. The van der Waals surface area contributed by atoms with Gasteiger partial charge in [0.25, 0.3) is 0 Å². The average Bonchev–Trinajstić information content (AvgIpc) is 2.27. The van der Waals surface area contributed by atoms with Crippen molar-refractivity contribution in [2.45, 2.75) is 64.6 Å². The smallest absolute Gasteiger partial charge is 0.170 e. The highest BCUT2D eigenvalue weighted by Gasteiger charge is 2.37. The molecule has 0 unspecified atom stereocenters. The molecule has 0 atom stereocenters. The zero-order chi connectivity index (χ0) is 15.7. The van der Waals surface area contributed by atoms with E-state index in [0.29, 0.717) is 11.2 Å². The van der Waals surface area contributed by atoms with E-state index in [1.54, 1.807) is 0 Å². The van der Waals surface area contributed by atoms with E-state index in [2.05, 4.69) is 74.8 Å². The zero-order valence-corrected chi connectivity index (χ0v) is 14.5. The number of hydrogen-bond donors (Lipinski definition) is 3. The molecule has 1 aliphatic heterocycles. The maximum absolute atomic E-state index is 5.46. The molecule has 1 fully saturated rings. The Morgan fingerprint density at radius 3 is 2.14 bits per heavy atom. The van der Waals surface area contributed by atoms with Gasteiger partial charge >= 0.3 is 0 Å². The van der Waals surface area contributed by atoms with Gasteiger partial charge in [0.2, 0.25) is 0 Å². The minimum atomic E-state index is 0.124. The monoisotopic (exact) mass is 305 g/mol. The van der Waals surface area contributed by atoms with Crippen molar-refractivity contribution in [3.05, 3.63) is 29.8 Å². The van der Waals surface area contributed by atoms with E-state index in [0.717, 1.165) is 18.5 Å². The molecule has 0 aromatic heterocycles. The number of hydrogen-bond acceptors (Lipinski definition) is 2. The second kappa shape index (κ2) is 5.93. The van der Waals surface area contributed by atoms with Crippen LogP contribution in [0.4, 0.5) is 5.69 Å². The molecule has 0 aliphatic carbocycles. The summed E-state index contributed by atoms with van der Waals surface area (Å²) in [6, 6.07) is 8.67. The number of nitrogens with one attached hydrogen (secondary N) is 3. The van der Waals surface area contributed by atoms with Gasteiger partial charge in [0.1, 0.15) is 0 Å². The molecule has 3 N–H and O–H groups in total. The molecule has 116 valence electrons. The highest BCUT2D eigenvalue weighted by Crippen LogP contribution is 2.28. The molecule has 1 aliphatic rings. The predicted molar refractivity (Wildman–Crippen MR) is 94.9 cm³/mol. The summed E-state index contributed by atoms with van der Waals surface area (Å²) in [5.74, 6) is 0. The summed E-state index contributed by atoms with van der Waals surface area (Å²) in [7, 11) is 0. The van der Waals surface area contributed by atoms with Crippen LogP contribution in [0.5, 0.6) is 0 Å². The first kappa shape index (κ1) is 16.2. The van der Waals surface area contributed by atoms with Crippen LogP contribution >= 0.6 is 12.2 Å². The van der Waals surface area contributed by atoms with E-state index in [9.17, 15) is 0 Å². The highest BCUT2D eigenvalue weighted by molar-refractivity contribution is 7.80. The van der Waals surface area contributed by atoms with Crippen molar-refractivity contribution in [1.82, 2.24) is 10.6 Å². The third kappa shape index (κ3) is 4.97. The van der Waals surface area contributed by atoms with E-state index in [4.69, 9.17) is 12.2 Å². The molecule has 1 heterocycles. The molecule has 3 nitrogen and oxygen atoms in total. The van der Waals surface area contributed by atoms with Gasteiger partial charge in [-0.05, 0) is 71.8 Å². The molecule has 2 rings (SSSR count). The van der Waals surface area contributed by atoms with Crippen molar-refractivity contribution in [3.8, 4) is 0 Å². The SMILES string of the molecule is Cc1ccc(NC(=S)NC2CC(C)(C)NC(C)(C)C2)cc1. The van der Waals surface area contributed by atoms with Crippen LogP contribution in [0.3, 0.4) is 0 Å². The normalized spacial score (nSPS) is 20.8. The van der Waals surface area contributed by atoms with Crippen molar-refractivity contribution in [2.75, 3.05) is 5.32 Å². The molecule has 0 spiro atoms. The fourth-order valence-corrected chi connectivity index (χ4v) is 3.70. The predicted octanol–water partition coefficient (Wildman–Crippen LogP) is 3.59. The van der Waals surface area contributed by atoms with Crippen molar-refractivity contribution >= 4 is 23.0 Å². The summed E-state index contributed by atoms with van der Waals surface area (Å²) >= 11 is 5.46. The summed E-state index contributed by atoms with van der Waals surface area (Å²) in [4.78, 5) is 0. The molecule has 1 aromatic carbocycles. The molecule has 21 heavy (non-hydrogen) atoms. The second-order valence-electron chi connectivity index (χ2n) is 7.46. The number of aryl methyl sites for hydroxylation is 1. The summed E-state index contributed by atoms with van der Waals surface area (Å²) in [5.41, 5.74) is 2.53. The van der Waals surface area contributed by atoms with Crippen molar-refractivity contribution in [2.24, 2.45) is 0 Å². The Kier molecular flexibility index (Phi) is 4.59. The Bertz CT molecular complexity index is 489. The number of piperidine rings is 1. The lowest BCUT2D eigenvalue weighted by molar-refractivity contribution is 0.156. The number of anilines is 1. The van der Waals surface area contributed by atoms with Crippen molar-refractivity contribution < 1.29 is 0 Å². The molecule has 1 aromatic rings. The fraction of sp³-hybridized carbons (Fsp3) is 0.588. The minimum Gasteiger partial charge on any atom is -0.360 e. The van der Waals surface area contributed by atoms with E-state index >= 15 is 0 Å². The lowest BCUT2D eigenvalue weighted by atomic mass is 9.80. The van der Waals surface area contributed by atoms with Crippen LogP contribution < -0.4 is 16.0 Å². The first-order valence-electron chi connectivity index (χ1n) is 7.59. The van der Waals surface area contributed by atoms with Gasteiger partial charge in [0, 0.05) is 22.8 Å². The molecular weight excluding hydrogens is 278 g/mol. The fourth-order valence-electron chi connectivity index (χ4n) is 3.41. The summed E-state index contributed by atoms with van der Waals surface area (Å²) < 4.78 is 0. The van der Waals surface area contributed by atoms with Crippen LogP contribution in [-0.2, 0) is 0 Å². The van der Waals surface area contributed by atoms with Gasteiger partial charge in [-0.2, -0.15) is 0 Å². The van der Waals surface area contributed by atoms with Gasteiger partial charge in [0.15, 0.2) is 5.11 Å². The summed E-state index contributed by atoms with van der Waals surface area (Å²) in [6.45, 7) is 11.1. The van der Waals surface area contributed by atoms with Crippen LogP contribution in [-0.4, -0.2) is 22.2 Å². The van der Waals surface area contributed by atoms with Crippen LogP contribution in [0.15, 0.2) is 24.3 Å². The standard InChI is InChI=1S/C17H27N3S/c1-12-6-8-13(9-7-12)18-15(21)19-14-10-16(2,3)20-17(4,5)11-14/h6-9,14,20H,10-11H2,1-5H3,(H2,18,19,21). The van der Waals surface area contributed by atoms with Crippen molar-refractivity contribution in [1.29, 1.82) is 0 Å². The summed E-state index contributed by atoms with van der Waals surface area (Å²) in [6.07, 6.45) is 2.12. The topological polar surface area (TPSA) is 36.1 Å². The van der Waals surface area contributed by atoms with Crippen LogP contribution in [0.1, 0.15) is 46.1 Å². The maximum Gasteiger partial charge on any atom is 0.170 e. The Balaban J connectivity index is 1.94. The van der Waals surface area contributed by atoms with Crippen LogP contribution in [0.2, 0.25) is 0 Å². The van der Waals surface area contributed by atoms with Gasteiger partial charge in [-0.1, -0.05) is 17.7 Å². The van der Waals surface area contributed by atoms with Gasteiger partial charge in [-0.3, -0.25) is 0 Å². The molecule has 0 amide bonds. The molecule has 0 bridgehead atoms. The van der Waals surface area contributed by atoms with Gasteiger partial charge in [-0.15, -0.1) is 0 Å². The average molecular weight is 305 g/mol. The first-order chi connectivity index (χ1) is 9.65. The Morgan fingerprint density at radius 2 is 1.62 bits per heavy atom. The summed E-state index contributed by atoms with van der Waals surface area (Å²) in [5, 5.41) is 11.1. The highest BCUT2D eigenvalue weighted by atomic mass is 32.1. The largest absolute Gasteiger partial charge is 0.360 e. The van der Waals surface area contributed by atoms with E-state index in [-0.39, 0.29) is 11.1 Å². The van der Waals surface area contributed by atoms with Crippen molar-refractivity contribution in [3.63, 3.8) is 0 Å². The zero-order valence-electron chi connectivity index (χ0n) is 13.7. The van der Waals surface area contributed by atoms with Gasteiger partial charge < -0.3 is 16.0 Å². The third-order valence-electron chi connectivity index (χ3n) is 3.83. The lowest BCUT2D eigenvalue weighted by Gasteiger charge is -2.46. The van der Waals surface area contributed by atoms with Gasteiger partial charge in [0.05, 0.1) is 0 Å². The molecule has 0 radical (unpaired) electrons.